The standard InChI is InChI=1S/C19H30N2/c1-16-8-10-19(14-20,11-9-16)15-21-12-4-7-17-5-2-3-6-18(17)13-21/h2-3,5-6,16H,4,7-15,20H2,1H3. The maximum atomic E-state index is 6.21. The van der Waals surface area contributed by atoms with Crippen molar-refractivity contribution in [3.8, 4) is 0 Å². The van der Waals surface area contributed by atoms with Crippen LogP contribution in [0.2, 0.25) is 0 Å². The van der Waals surface area contributed by atoms with Crippen LogP contribution in [-0.2, 0) is 13.0 Å². The van der Waals surface area contributed by atoms with E-state index < -0.39 is 0 Å². The number of rotatable bonds is 3. The van der Waals surface area contributed by atoms with Gasteiger partial charge in [-0.2, -0.15) is 0 Å². The molecule has 0 saturated heterocycles. The number of nitrogens with zero attached hydrogens (tertiary/aromatic N) is 1. The summed E-state index contributed by atoms with van der Waals surface area (Å²) in [6, 6.07) is 8.98. The van der Waals surface area contributed by atoms with E-state index in [2.05, 4.69) is 36.1 Å². The van der Waals surface area contributed by atoms with E-state index in [-0.39, 0.29) is 0 Å². The van der Waals surface area contributed by atoms with E-state index in [1.807, 2.05) is 0 Å². The lowest BCUT2D eigenvalue weighted by atomic mass is 9.70. The summed E-state index contributed by atoms with van der Waals surface area (Å²) in [7, 11) is 0. The molecular weight excluding hydrogens is 256 g/mol. The minimum absolute atomic E-state index is 0.381. The first kappa shape index (κ1) is 15.1. The zero-order chi connectivity index (χ0) is 14.7. The van der Waals surface area contributed by atoms with Gasteiger partial charge in [0.25, 0.3) is 0 Å². The molecule has 1 heterocycles. The Labute approximate surface area is 129 Å². The Bertz CT molecular complexity index is 460. The van der Waals surface area contributed by atoms with Gasteiger partial charge in [-0.1, -0.05) is 44.0 Å². The molecule has 0 aromatic heterocycles. The second-order valence-corrected chi connectivity index (χ2v) is 7.47. The van der Waals surface area contributed by atoms with Crippen LogP contribution in [0.15, 0.2) is 24.3 Å². The van der Waals surface area contributed by atoms with Crippen LogP contribution in [0.25, 0.3) is 0 Å². The van der Waals surface area contributed by atoms with Crippen LogP contribution in [0.3, 0.4) is 0 Å². The molecule has 1 fully saturated rings. The quantitative estimate of drug-likeness (QED) is 0.920. The van der Waals surface area contributed by atoms with Crippen LogP contribution >= 0.6 is 0 Å². The van der Waals surface area contributed by atoms with Gasteiger partial charge >= 0.3 is 0 Å². The van der Waals surface area contributed by atoms with E-state index in [0.29, 0.717) is 5.41 Å². The van der Waals surface area contributed by atoms with Crippen LogP contribution in [0, 0.1) is 11.3 Å². The summed E-state index contributed by atoms with van der Waals surface area (Å²) in [5, 5.41) is 0. The number of benzene rings is 1. The van der Waals surface area contributed by atoms with Crippen LogP contribution in [0.5, 0.6) is 0 Å². The lowest BCUT2D eigenvalue weighted by Gasteiger charge is -2.42. The zero-order valence-corrected chi connectivity index (χ0v) is 13.5. The van der Waals surface area contributed by atoms with Crippen molar-refractivity contribution in [2.45, 2.75) is 52.0 Å². The number of aryl methyl sites for hydroxylation is 1. The lowest BCUT2D eigenvalue weighted by Crippen LogP contribution is -2.44. The van der Waals surface area contributed by atoms with Crippen molar-refractivity contribution in [1.82, 2.24) is 4.90 Å². The first-order valence-electron chi connectivity index (χ1n) is 8.70. The maximum Gasteiger partial charge on any atom is 0.0236 e. The van der Waals surface area contributed by atoms with Gasteiger partial charge in [-0.15, -0.1) is 0 Å². The minimum atomic E-state index is 0.381. The van der Waals surface area contributed by atoms with Crippen molar-refractivity contribution in [3.05, 3.63) is 35.4 Å². The Morgan fingerprint density at radius 3 is 2.62 bits per heavy atom. The molecule has 2 aliphatic rings. The highest BCUT2D eigenvalue weighted by atomic mass is 15.1. The van der Waals surface area contributed by atoms with Gasteiger partial charge in [-0.05, 0) is 61.2 Å². The number of hydrogen-bond acceptors (Lipinski definition) is 2. The molecule has 2 N–H and O–H groups in total. The van der Waals surface area contributed by atoms with Crippen LogP contribution in [-0.4, -0.2) is 24.5 Å². The van der Waals surface area contributed by atoms with Crippen LogP contribution in [0.4, 0.5) is 0 Å². The van der Waals surface area contributed by atoms with Crippen LogP contribution < -0.4 is 5.73 Å². The van der Waals surface area contributed by atoms with Gasteiger partial charge in [0.05, 0.1) is 0 Å². The summed E-state index contributed by atoms with van der Waals surface area (Å²) in [6.07, 6.45) is 7.89. The van der Waals surface area contributed by atoms with Gasteiger partial charge in [0.15, 0.2) is 0 Å². The second-order valence-electron chi connectivity index (χ2n) is 7.47. The predicted octanol–water partition coefficient (Wildman–Crippen LogP) is 3.59. The van der Waals surface area contributed by atoms with Crippen molar-refractivity contribution in [2.24, 2.45) is 17.1 Å². The van der Waals surface area contributed by atoms with Crippen molar-refractivity contribution in [1.29, 1.82) is 0 Å². The van der Waals surface area contributed by atoms with Crippen molar-refractivity contribution >= 4 is 0 Å². The highest BCUT2D eigenvalue weighted by Gasteiger charge is 2.34. The SMILES string of the molecule is CC1CCC(CN)(CN2CCCc3ccccc3C2)CC1. The first-order chi connectivity index (χ1) is 10.2. The van der Waals surface area contributed by atoms with Gasteiger partial charge in [0.2, 0.25) is 0 Å². The summed E-state index contributed by atoms with van der Waals surface area (Å²) in [5.41, 5.74) is 9.68. The van der Waals surface area contributed by atoms with Crippen LogP contribution in [0.1, 0.15) is 50.2 Å². The average molecular weight is 286 g/mol. The molecule has 2 nitrogen and oxygen atoms in total. The van der Waals surface area contributed by atoms with E-state index in [0.717, 1.165) is 19.0 Å². The Morgan fingerprint density at radius 2 is 1.90 bits per heavy atom. The minimum Gasteiger partial charge on any atom is -0.330 e. The topological polar surface area (TPSA) is 29.3 Å². The van der Waals surface area contributed by atoms with E-state index in [9.17, 15) is 0 Å². The maximum absolute atomic E-state index is 6.21. The summed E-state index contributed by atoms with van der Waals surface area (Å²) in [5.74, 6) is 0.898. The molecule has 1 aromatic carbocycles. The van der Waals surface area contributed by atoms with E-state index >= 15 is 0 Å². The molecule has 0 spiro atoms. The summed E-state index contributed by atoms with van der Waals surface area (Å²) >= 11 is 0. The normalized spacial score (nSPS) is 30.7. The number of hydrogen-bond donors (Lipinski definition) is 1. The third-order valence-corrected chi connectivity index (χ3v) is 5.76. The first-order valence-corrected chi connectivity index (χ1v) is 8.70. The Kier molecular flexibility index (Phi) is 4.66. The molecular formula is C19H30N2. The molecule has 1 aliphatic heterocycles. The van der Waals surface area contributed by atoms with Gasteiger partial charge in [0.1, 0.15) is 0 Å². The van der Waals surface area contributed by atoms with Gasteiger partial charge in [-0.25, -0.2) is 0 Å². The Hall–Kier alpha value is -0.860. The fourth-order valence-electron chi connectivity index (χ4n) is 4.18. The molecule has 1 saturated carbocycles. The summed E-state index contributed by atoms with van der Waals surface area (Å²) in [4.78, 5) is 2.68. The zero-order valence-electron chi connectivity index (χ0n) is 13.5. The fourth-order valence-corrected chi connectivity index (χ4v) is 4.18. The van der Waals surface area contributed by atoms with E-state index in [1.54, 1.807) is 5.56 Å². The predicted molar refractivity (Wildman–Crippen MR) is 89.2 cm³/mol. The number of fused-ring (bicyclic) bond motifs is 1. The smallest absolute Gasteiger partial charge is 0.0236 e. The third kappa shape index (κ3) is 3.49. The Morgan fingerprint density at radius 1 is 1.19 bits per heavy atom. The molecule has 0 bridgehead atoms. The monoisotopic (exact) mass is 286 g/mol. The van der Waals surface area contributed by atoms with Crippen molar-refractivity contribution < 1.29 is 0 Å². The van der Waals surface area contributed by atoms with Gasteiger partial charge < -0.3 is 5.73 Å². The van der Waals surface area contributed by atoms with E-state index in [4.69, 9.17) is 5.73 Å². The van der Waals surface area contributed by atoms with Gasteiger partial charge in [-0.3, -0.25) is 4.90 Å². The molecule has 116 valence electrons. The average Bonchev–Trinajstić information content (AvgIpc) is 2.71. The molecule has 0 amide bonds. The third-order valence-electron chi connectivity index (χ3n) is 5.76. The summed E-state index contributed by atoms with van der Waals surface area (Å²) in [6.45, 7) is 6.80. The summed E-state index contributed by atoms with van der Waals surface area (Å²) < 4.78 is 0. The number of nitrogens with two attached hydrogens (primary N) is 1. The molecule has 1 aromatic rings. The van der Waals surface area contributed by atoms with E-state index in [1.165, 1.54) is 57.2 Å². The highest BCUT2D eigenvalue weighted by Crippen LogP contribution is 2.39. The molecule has 1 aliphatic carbocycles. The molecule has 21 heavy (non-hydrogen) atoms. The van der Waals surface area contributed by atoms with Crippen molar-refractivity contribution in [2.75, 3.05) is 19.6 Å². The molecule has 0 unspecified atom stereocenters. The van der Waals surface area contributed by atoms with Crippen molar-refractivity contribution in [3.63, 3.8) is 0 Å². The lowest BCUT2D eigenvalue weighted by molar-refractivity contribution is 0.0914. The highest BCUT2D eigenvalue weighted by molar-refractivity contribution is 5.28. The molecule has 3 rings (SSSR count). The molecule has 0 radical (unpaired) electrons. The Balaban J connectivity index is 1.69. The molecule has 0 atom stereocenters. The fraction of sp³-hybridized carbons (Fsp3) is 0.684. The van der Waals surface area contributed by atoms with Gasteiger partial charge in [0, 0.05) is 13.1 Å². The second kappa shape index (κ2) is 6.50. The largest absolute Gasteiger partial charge is 0.330 e. The molecule has 2 heteroatoms.